The van der Waals surface area contributed by atoms with Crippen LogP contribution >= 0.6 is 0 Å². The molecule has 0 spiro atoms. The van der Waals surface area contributed by atoms with E-state index in [0.29, 0.717) is 5.56 Å². The minimum absolute atomic E-state index is 0.0558. The minimum atomic E-state index is -1.39. The molecule has 8 heteroatoms. The van der Waals surface area contributed by atoms with E-state index in [2.05, 4.69) is 5.23 Å². The van der Waals surface area contributed by atoms with Crippen molar-refractivity contribution in [3.05, 3.63) is 57.6 Å². The van der Waals surface area contributed by atoms with E-state index in [1.807, 2.05) is 45.0 Å². The molecule has 0 radical (unpaired) electrons. The van der Waals surface area contributed by atoms with Crippen molar-refractivity contribution in [1.29, 1.82) is 0 Å². The number of rotatable bonds is 3. The van der Waals surface area contributed by atoms with E-state index in [1.165, 1.54) is 14.2 Å². The third-order valence-corrected chi connectivity index (χ3v) is 7.18. The second kappa shape index (κ2) is 7.69. The first-order valence-corrected chi connectivity index (χ1v) is 10.6. The maximum absolute atomic E-state index is 13.1. The number of hydrogen-bond donors (Lipinski definition) is 1. The van der Waals surface area contributed by atoms with Crippen LogP contribution in [0.25, 0.3) is 0 Å². The van der Waals surface area contributed by atoms with E-state index in [1.54, 1.807) is 11.9 Å². The molecule has 32 heavy (non-hydrogen) atoms. The number of nitrogens with one attached hydrogen (secondary N) is 1. The molecule has 7 nitrogen and oxygen atoms in total. The Morgan fingerprint density at radius 2 is 1.53 bits per heavy atom. The van der Waals surface area contributed by atoms with Gasteiger partial charge in [0.15, 0.2) is 5.41 Å². The van der Waals surface area contributed by atoms with Crippen LogP contribution in [0, 0.1) is 26.2 Å². The molecule has 0 aromatic heterocycles. The van der Waals surface area contributed by atoms with E-state index in [-0.39, 0.29) is 25.7 Å². The highest BCUT2D eigenvalue weighted by molar-refractivity contribution is 6.77. The lowest BCUT2D eigenvalue weighted by molar-refractivity contribution is -0.168. The number of fused-ring (bicyclic) bond motifs is 2. The van der Waals surface area contributed by atoms with Crippen LogP contribution in [0.15, 0.2) is 24.3 Å². The first-order valence-electron chi connectivity index (χ1n) is 10.6. The first-order chi connectivity index (χ1) is 15.2. The Hall–Kier alpha value is -3.29. The Kier molecular flexibility index (Phi) is 5.27. The van der Waals surface area contributed by atoms with Gasteiger partial charge in [0, 0.05) is 18.5 Å². The molecule has 0 saturated carbocycles. The number of anilines is 1. The van der Waals surface area contributed by atoms with Crippen molar-refractivity contribution in [3.63, 3.8) is 0 Å². The van der Waals surface area contributed by atoms with Gasteiger partial charge in [-0.1, -0.05) is 12.1 Å². The fourth-order valence-electron chi connectivity index (χ4n) is 5.25. The molecule has 4 rings (SSSR count). The molecule has 2 aliphatic rings. The Labute approximate surface area is 188 Å². The molecule has 1 aliphatic heterocycles. The fourth-order valence-corrected chi connectivity index (χ4v) is 5.25. The monoisotopic (exact) mass is 434 g/mol. The molecule has 1 heterocycles. The molecular formula is C24H27BN2O5. The van der Waals surface area contributed by atoms with Crippen LogP contribution in [0.1, 0.15) is 38.2 Å². The van der Waals surface area contributed by atoms with E-state index < -0.39 is 17.4 Å². The highest BCUT2D eigenvalue weighted by Crippen LogP contribution is 2.42. The zero-order chi connectivity index (χ0) is 23.4. The summed E-state index contributed by atoms with van der Waals surface area (Å²) < 4.78 is 10.0. The molecule has 2 aromatic rings. The van der Waals surface area contributed by atoms with E-state index in [4.69, 9.17) is 9.47 Å². The van der Waals surface area contributed by atoms with Gasteiger partial charge in [-0.05, 0) is 73.2 Å². The first kappa shape index (κ1) is 21.9. The predicted octanol–water partition coefficient (Wildman–Crippen LogP) is 1.94. The van der Waals surface area contributed by atoms with Gasteiger partial charge < -0.3 is 19.5 Å². The smallest absolute Gasteiger partial charge is 0.411 e. The van der Waals surface area contributed by atoms with Crippen LogP contribution in [0.3, 0.4) is 0 Å². The number of amides is 1. The van der Waals surface area contributed by atoms with Crippen LogP contribution in [0.5, 0.6) is 0 Å². The average Bonchev–Trinajstić information content (AvgIpc) is 3.22. The zero-order valence-corrected chi connectivity index (χ0v) is 19.3. The third kappa shape index (κ3) is 2.92. The number of hydrogen-bond acceptors (Lipinski definition) is 6. The van der Waals surface area contributed by atoms with E-state index in [0.717, 1.165) is 39.0 Å². The normalized spacial score (nSPS) is 16.2. The number of carbonyl (C=O) groups excluding carboxylic acids is 3. The Bertz CT molecular complexity index is 1140. The third-order valence-electron chi connectivity index (χ3n) is 7.18. The lowest BCUT2D eigenvalue weighted by Crippen LogP contribution is -2.59. The minimum Gasteiger partial charge on any atom is -0.468 e. The van der Waals surface area contributed by atoms with Crippen molar-refractivity contribution >= 4 is 36.0 Å². The Morgan fingerprint density at radius 1 is 0.969 bits per heavy atom. The molecule has 1 aliphatic carbocycles. The standard InChI is InChI=1S/C24H27BN2O5/c1-13-14(2)20(25-26-19-10-8-7-9-16(19)21(28)27(25)4)15(3)18-12-24(11-17(13)18,22(29)31-5)23(30)32-6/h7-10,26H,11-12H2,1-6H3. The number of esters is 2. The number of para-hydroxylation sites is 1. The zero-order valence-electron chi connectivity index (χ0n) is 19.3. The summed E-state index contributed by atoms with van der Waals surface area (Å²) in [7, 11) is 4.36. The van der Waals surface area contributed by atoms with Crippen molar-refractivity contribution in [2.45, 2.75) is 33.6 Å². The maximum Gasteiger partial charge on any atom is 0.411 e. The van der Waals surface area contributed by atoms with Gasteiger partial charge in [-0.3, -0.25) is 14.4 Å². The fraction of sp³-hybridized carbons (Fsp3) is 0.375. The number of nitrogens with zero attached hydrogens (tertiary/aromatic N) is 1. The van der Waals surface area contributed by atoms with Gasteiger partial charge in [0.1, 0.15) is 0 Å². The molecule has 0 fully saturated rings. The topological polar surface area (TPSA) is 84.9 Å². The Balaban J connectivity index is 1.86. The average molecular weight is 434 g/mol. The maximum atomic E-state index is 13.1. The molecule has 1 amide bonds. The van der Waals surface area contributed by atoms with Crippen molar-refractivity contribution in [2.24, 2.45) is 5.41 Å². The van der Waals surface area contributed by atoms with Gasteiger partial charge >= 0.3 is 18.9 Å². The second-order valence-electron chi connectivity index (χ2n) is 8.67. The SMILES string of the molecule is COC(=O)C1(C(=O)OC)Cc2c(C)c(C)c(B3Nc4ccccc4C(=O)N3C)c(C)c2C1. The van der Waals surface area contributed by atoms with Crippen LogP contribution < -0.4 is 10.7 Å². The van der Waals surface area contributed by atoms with Gasteiger partial charge in [-0.2, -0.15) is 0 Å². The molecule has 0 saturated heterocycles. The number of benzene rings is 2. The van der Waals surface area contributed by atoms with E-state index >= 15 is 0 Å². The summed E-state index contributed by atoms with van der Waals surface area (Å²) in [6, 6.07) is 7.46. The second-order valence-corrected chi connectivity index (χ2v) is 8.67. The van der Waals surface area contributed by atoms with Gasteiger partial charge in [0.25, 0.3) is 0 Å². The molecule has 0 atom stereocenters. The molecular weight excluding hydrogens is 407 g/mol. The van der Waals surface area contributed by atoms with Crippen LogP contribution in [-0.4, -0.2) is 50.9 Å². The largest absolute Gasteiger partial charge is 0.468 e. The summed E-state index contributed by atoms with van der Waals surface area (Å²) in [4.78, 5) is 40.3. The van der Waals surface area contributed by atoms with Crippen LogP contribution in [-0.2, 0) is 31.9 Å². The van der Waals surface area contributed by atoms with E-state index in [9.17, 15) is 14.4 Å². The summed E-state index contributed by atoms with van der Waals surface area (Å²) in [6.07, 6.45) is 0.452. The molecule has 166 valence electrons. The summed E-state index contributed by atoms with van der Waals surface area (Å²) in [5, 5.41) is 3.50. The highest BCUT2D eigenvalue weighted by Gasteiger charge is 2.54. The quantitative estimate of drug-likeness (QED) is 0.452. The van der Waals surface area contributed by atoms with Gasteiger partial charge in [-0.25, -0.2) is 0 Å². The van der Waals surface area contributed by atoms with Gasteiger partial charge in [-0.15, -0.1) is 0 Å². The number of ether oxygens (including phenoxy) is 2. The van der Waals surface area contributed by atoms with Crippen molar-refractivity contribution < 1.29 is 23.9 Å². The van der Waals surface area contributed by atoms with Crippen molar-refractivity contribution in [1.82, 2.24) is 4.81 Å². The van der Waals surface area contributed by atoms with Gasteiger partial charge in [0.2, 0.25) is 5.91 Å². The summed E-state index contributed by atoms with van der Waals surface area (Å²) in [6.45, 7) is 5.65. The predicted molar refractivity (Wildman–Crippen MR) is 122 cm³/mol. The molecule has 1 N–H and O–H groups in total. The molecule has 0 bridgehead atoms. The summed E-state index contributed by atoms with van der Waals surface area (Å²) in [5.74, 6) is -1.23. The van der Waals surface area contributed by atoms with Crippen LogP contribution in [0.2, 0.25) is 0 Å². The number of carbonyl (C=O) groups is 3. The summed E-state index contributed by atoms with van der Waals surface area (Å²) >= 11 is 0. The molecule has 0 unspecified atom stereocenters. The lowest BCUT2D eigenvalue weighted by Gasteiger charge is -2.35. The Morgan fingerprint density at radius 3 is 2.12 bits per heavy atom. The lowest BCUT2D eigenvalue weighted by atomic mass is 9.59. The number of methoxy groups -OCH3 is 2. The van der Waals surface area contributed by atoms with Crippen molar-refractivity contribution in [3.8, 4) is 0 Å². The van der Waals surface area contributed by atoms with Crippen LogP contribution in [0.4, 0.5) is 5.69 Å². The van der Waals surface area contributed by atoms with Gasteiger partial charge in [0.05, 0.1) is 19.8 Å². The van der Waals surface area contributed by atoms with Crippen molar-refractivity contribution in [2.75, 3.05) is 26.5 Å². The summed E-state index contributed by atoms with van der Waals surface area (Å²) in [5.41, 5.74) is 5.95. The highest BCUT2D eigenvalue weighted by atomic mass is 16.5. The molecule has 2 aromatic carbocycles.